The van der Waals surface area contributed by atoms with E-state index in [0.29, 0.717) is 12.5 Å². The first kappa shape index (κ1) is 18.8. The van der Waals surface area contributed by atoms with E-state index in [0.717, 1.165) is 12.8 Å². The highest BCUT2D eigenvalue weighted by molar-refractivity contribution is 6.42. The van der Waals surface area contributed by atoms with Crippen molar-refractivity contribution in [3.8, 4) is 0 Å². The quantitative estimate of drug-likeness (QED) is 0.527. The van der Waals surface area contributed by atoms with Crippen LogP contribution < -0.4 is 0 Å². The molecule has 4 nitrogen and oxygen atoms in total. The van der Waals surface area contributed by atoms with Gasteiger partial charge in [0, 0.05) is 0 Å². The fraction of sp³-hybridized carbons (Fsp3) is 0.500. The molecule has 122 valence electrons. The van der Waals surface area contributed by atoms with Crippen LogP contribution in [0.2, 0.25) is 10.0 Å². The van der Waals surface area contributed by atoms with Crippen molar-refractivity contribution in [2.45, 2.75) is 33.6 Å². The molecule has 1 rings (SSSR count). The number of ether oxygens (including phenoxy) is 2. The van der Waals surface area contributed by atoms with E-state index in [9.17, 15) is 9.59 Å². The molecular formula is C16H20Cl2O4. The summed E-state index contributed by atoms with van der Waals surface area (Å²) in [4.78, 5) is 24.1. The molecule has 0 saturated heterocycles. The Morgan fingerprint density at radius 2 is 1.55 bits per heavy atom. The van der Waals surface area contributed by atoms with Crippen molar-refractivity contribution in [3.63, 3.8) is 0 Å². The molecule has 0 aromatic heterocycles. The van der Waals surface area contributed by atoms with E-state index < -0.39 is 11.9 Å². The second-order valence-corrected chi connectivity index (χ2v) is 6.02. The first-order valence-electron chi connectivity index (χ1n) is 7.20. The molecule has 0 amide bonds. The van der Waals surface area contributed by atoms with Gasteiger partial charge in [0.2, 0.25) is 0 Å². The molecule has 0 aliphatic carbocycles. The fourth-order valence-corrected chi connectivity index (χ4v) is 2.15. The maximum Gasteiger partial charge on any atom is 0.339 e. The van der Waals surface area contributed by atoms with Crippen molar-refractivity contribution in [1.29, 1.82) is 0 Å². The molecule has 0 unspecified atom stereocenters. The lowest BCUT2D eigenvalue weighted by molar-refractivity contribution is 0.0461. The number of carbonyl (C=O) groups excluding carboxylic acids is 2. The lowest BCUT2D eigenvalue weighted by Gasteiger charge is -2.11. The Balaban J connectivity index is 2.89. The first-order valence-corrected chi connectivity index (χ1v) is 7.95. The van der Waals surface area contributed by atoms with Crippen LogP contribution in [0.4, 0.5) is 0 Å². The van der Waals surface area contributed by atoms with Gasteiger partial charge in [-0.15, -0.1) is 0 Å². The highest BCUT2D eigenvalue weighted by Gasteiger charge is 2.21. The van der Waals surface area contributed by atoms with Gasteiger partial charge in [0.05, 0.1) is 34.4 Å². The van der Waals surface area contributed by atoms with Crippen LogP contribution in [0, 0.1) is 5.92 Å². The molecule has 6 heteroatoms. The average molecular weight is 347 g/mol. The van der Waals surface area contributed by atoms with Crippen molar-refractivity contribution in [3.05, 3.63) is 33.3 Å². The average Bonchev–Trinajstić information content (AvgIpc) is 2.45. The summed E-state index contributed by atoms with van der Waals surface area (Å²) in [6.07, 6.45) is 1.72. The zero-order chi connectivity index (χ0) is 16.7. The van der Waals surface area contributed by atoms with E-state index in [4.69, 9.17) is 32.7 Å². The van der Waals surface area contributed by atoms with Crippen LogP contribution in [0.1, 0.15) is 54.3 Å². The van der Waals surface area contributed by atoms with Crippen molar-refractivity contribution in [1.82, 2.24) is 0 Å². The number of hydrogen-bond donors (Lipinski definition) is 0. The normalized spacial score (nSPS) is 10.6. The maximum absolute atomic E-state index is 12.2. The van der Waals surface area contributed by atoms with E-state index in [1.807, 2.05) is 0 Å². The smallest absolute Gasteiger partial charge is 0.339 e. The Morgan fingerprint density at radius 1 is 1.05 bits per heavy atom. The van der Waals surface area contributed by atoms with E-state index in [1.165, 1.54) is 12.1 Å². The van der Waals surface area contributed by atoms with Gasteiger partial charge in [0.1, 0.15) is 0 Å². The van der Waals surface area contributed by atoms with Crippen LogP contribution in [-0.2, 0) is 9.47 Å². The topological polar surface area (TPSA) is 52.6 Å². The molecule has 0 aliphatic heterocycles. The Labute approximate surface area is 140 Å². The lowest BCUT2D eigenvalue weighted by atomic mass is 10.1. The van der Waals surface area contributed by atoms with Gasteiger partial charge in [-0.1, -0.05) is 37.0 Å². The largest absolute Gasteiger partial charge is 0.462 e. The molecule has 0 spiro atoms. The molecule has 0 saturated carbocycles. The van der Waals surface area contributed by atoms with Crippen molar-refractivity contribution in [2.75, 3.05) is 13.2 Å². The molecule has 0 N–H and O–H groups in total. The van der Waals surface area contributed by atoms with Gasteiger partial charge in [-0.05, 0) is 37.8 Å². The van der Waals surface area contributed by atoms with Crippen molar-refractivity contribution >= 4 is 35.1 Å². The Hall–Kier alpha value is -1.26. The molecule has 0 bridgehead atoms. The second kappa shape index (κ2) is 9.01. The minimum atomic E-state index is -0.629. The van der Waals surface area contributed by atoms with Gasteiger partial charge in [0.25, 0.3) is 0 Å². The summed E-state index contributed by atoms with van der Waals surface area (Å²) in [6.45, 7) is 6.36. The van der Waals surface area contributed by atoms with Crippen molar-refractivity contribution < 1.29 is 19.1 Å². The van der Waals surface area contributed by atoms with Gasteiger partial charge >= 0.3 is 11.9 Å². The third-order valence-electron chi connectivity index (χ3n) is 2.93. The summed E-state index contributed by atoms with van der Waals surface area (Å²) >= 11 is 11.8. The Morgan fingerprint density at radius 3 is 2.00 bits per heavy atom. The predicted octanol–water partition coefficient (Wildman–Crippen LogP) is 4.76. The number of carbonyl (C=O) groups is 2. The lowest BCUT2D eigenvalue weighted by Crippen LogP contribution is -2.15. The molecule has 1 aromatic rings. The van der Waals surface area contributed by atoms with Gasteiger partial charge in [-0.3, -0.25) is 0 Å². The van der Waals surface area contributed by atoms with Gasteiger partial charge in [0.15, 0.2) is 0 Å². The van der Waals surface area contributed by atoms with E-state index >= 15 is 0 Å². The predicted molar refractivity (Wildman–Crippen MR) is 86.8 cm³/mol. The number of benzene rings is 1. The molecule has 22 heavy (non-hydrogen) atoms. The number of halogens is 2. The van der Waals surface area contributed by atoms with Crippen LogP contribution in [0.3, 0.4) is 0 Å². The van der Waals surface area contributed by atoms with Gasteiger partial charge in [-0.2, -0.15) is 0 Å². The SMILES string of the molecule is CCOC(=O)c1cc(Cl)c(Cl)cc1C(=O)OCCCC(C)C. The van der Waals surface area contributed by atoms with Crippen LogP contribution in [0.15, 0.2) is 12.1 Å². The monoisotopic (exact) mass is 346 g/mol. The van der Waals surface area contributed by atoms with Crippen LogP contribution >= 0.6 is 23.2 Å². The molecule has 0 aliphatic rings. The fourth-order valence-electron chi connectivity index (χ4n) is 1.83. The second-order valence-electron chi connectivity index (χ2n) is 5.20. The third kappa shape index (κ3) is 5.50. The highest BCUT2D eigenvalue weighted by atomic mass is 35.5. The summed E-state index contributed by atoms with van der Waals surface area (Å²) < 4.78 is 10.1. The van der Waals surface area contributed by atoms with E-state index in [-0.39, 0.29) is 27.8 Å². The maximum atomic E-state index is 12.2. The van der Waals surface area contributed by atoms with Gasteiger partial charge < -0.3 is 9.47 Å². The highest BCUT2D eigenvalue weighted by Crippen LogP contribution is 2.27. The summed E-state index contributed by atoms with van der Waals surface area (Å²) in [5.74, 6) is -0.695. The van der Waals surface area contributed by atoms with E-state index in [1.54, 1.807) is 6.92 Å². The summed E-state index contributed by atoms with van der Waals surface area (Å²) in [5, 5.41) is 0.366. The summed E-state index contributed by atoms with van der Waals surface area (Å²) in [7, 11) is 0. The number of hydrogen-bond acceptors (Lipinski definition) is 4. The zero-order valence-corrected chi connectivity index (χ0v) is 14.5. The number of rotatable bonds is 7. The molecule has 0 atom stereocenters. The third-order valence-corrected chi connectivity index (χ3v) is 3.66. The molecular weight excluding hydrogens is 327 g/mol. The van der Waals surface area contributed by atoms with E-state index in [2.05, 4.69) is 13.8 Å². The molecule has 0 heterocycles. The van der Waals surface area contributed by atoms with Gasteiger partial charge in [-0.25, -0.2) is 9.59 Å². The summed E-state index contributed by atoms with van der Waals surface area (Å²) in [5.41, 5.74) is 0.127. The van der Waals surface area contributed by atoms with Crippen molar-refractivity contribution in [2.24, 2.45) is 5.92 Å². The Kier molecular flexibility index (Phi) is 7.69. The first-order chi connectivity index (χ1) is 10.4. The minimum absolute atomic E-state index is 0.0603. The van der Waals surface area contributed by atoms with Crippen LogP contribution in [0.25, 0.3) is 0 Å². The Bertz CT molecular complexity index is 541. The minimum Gasteiger partial charge on any atom is -0.462 e. The van der Waals surface area contributed by atoms with Crippen LogP contribution in [-0.4, -0.2) is 25.2 Å². The molecule has 0 radical (unpaired) electrons. The van der Waals surface area contributed by atoms with Crippen LogP contribution in [0.5, 0.6) is 0 Å². The summed E-state index contributed by atoms with van der Waals surface area (Å²) in [6, 6.07) is 2.66. The standard InChI is InChI=1S/C16H20Cl2O4/c1-4-21-15(19)11-8-13(17)14(18)9-12(11)16(20)22-7-5-6-10(2)3/h8-10H,4-7H2,1-3H3. The molecule has 1 aromatic carbocycles. The number of esters is 2. The molecule has 0 fully saturated rings. The zero-order valence-electron chi connectivity index (χ0n) is 12.9.